The maximum Gasteiger partial charge on any atom is 0.321 e. The van der Waals surface area contributed by atoms with E-state index in [2.05, 4.69) is 20.4 Å². The highest BCUT2D eigenvalue weighted by atomic mass is 28.3. The Bertz CT molecular complexity index is 168. The molecule has 0 rings (SSSR count). The van der Waals surface area contributed by atoms with Crippen LogP contribution in [0, 0.1) is 0 Å². The fourth-order valence-electron chi connectivity index (χ4n) is 2.07. The molecule has 0 aliphatic carbocycles. The van der Waals surface area contributed by atoms with Crippen LogP contribution in [0.25, 0.3) is 0 Å². The maximum absolute atomic E-state index is 5.66. The molecule has 0 saturated heterocycles. The summed E-state index contributed by atoms with van der Waals surface area (Å²) in [6.07, 6.45) is 12.6. The highest BCUT2D eigenvalue weighted by molar-refractivity contribution is 6.44. The molecule has 18 heavy (non-hydrogen) atoms. The number of allylic oxidation sites excluding steroid dienone is 1. The van der Waals surface area contributed by atoms with Crippen molar-refractivity contribution in [3.05, 3.63) is 12.7 Å². The summed E-state index contributed by atoms with van der Waals surface area (Å²) in [6, 6.07) is 1.18. The zero-order chi connectivity index (χ0) is 13.5. The fourth-order valence-corrected chi connectivity index (χ4v) is 3.87. The molecule has 3 heteroatoms. The molecule has 0 fully saturated rings. The first-order valence-electron chi connectivity index (χ1n) is 7.69. The predicted octanol–water partition coefficient (Wildman–Crippen LogP) is 4.59. The Hall–Kier alpha value is -0.123. The number of unbranched alkanes of at least 4 members (excludes halogenated alkanes) is 7. The van der Waals surface area contributed by atoms with Gasteiger partial charge in [-0.05, 0) is 32.7 Å². The van der Waals surface area contributed by atoms with Crippen LogP contribution in [0.4, 0.5) is 0 Å². The summed E-state index contributed by atoms with van der Waals surface area (Å²) in [4.78, 5) is 0. The Balaban J connectivity index is 3.24. The first-order valence-corrected chi connectivity index (χ1v) is 9.45. The van der Waals surface area contributed by atoms with Crippen molar-refractivity contribution in [1.82, 2.24) is 0 Å². The molecule has 0 amide bonds. The molecule has 108 valence electrons. The van der Waals surface area contributed by atoms with Crippen molar-refractivity contribution in [2.45, 2.75) is 71.3 Å². The lowest BCUT2D eigenvalue weighted by Crippen LogP contribution is -2.22. The Morgan fingerprint density at radius 1 is 0.833 bits per heavy atom. The van der Waals surface area contributed by atoms with E-state index in [0.29, 0.717) is 0 Å². The van der Waals surface area contributed by atoms with Gasteiger partial charge in [-0.2, -0.15) is 0 Å². The molecule has 0 aliphatic heterocycles. The van der Waals surface area contributed by atoms with Crippen molar-refractivity contribution in [2.75, 3.05) is 13.2 Å². The fraction of sp³-hybridized carbons (Fsp3) is 0.867. The average molecular weight is 273 g/mol. The average Bonchev–Trinajstić information content (AvgIpc) is 2.37. The van der Waals surface area contributed by atoms with E-state index in [1.54, 1.807) is 0 Å². The number of hydrogen-bond donors (Lipinski definition) is 0. The Morgan fingerprint density at radius 3 is 1.83 bits per heavy atom. The van der Waals surface area contributed by atoms with E-state index < -0.39 is 9.28 Å². The van der Waals surface area contributed by atoms with E-state index in [1.165, 1.54) is 57.4 Å². The van der Waals surface area contributed by atoms with Crippen molar-refractivity contribution in [1.29, 1.82) is 0 Å². The topological polar surface area (TPSA) is 18.5 Å². The van der Waals surface area contributed by atoms with Gasteiger partial charge in [-0.15, -0.1) is 6.58 Å². The van der Waals surface area contributed by atoms with E-state index in [0.717, 1.165) is 13.2 Å². The monoisotopic (exact) mass is 272 g/mol. The van der Waals surface area contributed by atoms with E-state index in [-0.39, 0.29) is 0 Å². The van der Waals surface area contributed by atoms with Crippen molar-refractivity contribution in [2.24, 2.45) is 0 Å². The first kappa shape index (κ1) is 17.9. The molecule has 0 spiro atoms. The summed E-state index contributed by atoms with van der Waals surface area (Å²) >= 11 is 0. The largest absolute Gasteiger partial charge is 0.397 e. The molecule has 0 aromatic carbocycles. The molecule has 0 saturated carbocycles. The van der Waals surface area contributed by atoms with Gasteiger partial charge in [0.25, 0.3) is 0 Å². The zero-order valence-corrected chi connectivity index (χ0v) is 13.6. The van der Waals surface area contributed by atoms with Gasteiger partial charge in [0.05, 0.1) is 0 Å². The second kappa shape index (κ2) is 14.9. The third-order valence-electron chi connectivity index (χ3n) is 3.05. The van der Waals surface area contributed by atoms with Gasteiger partial charge in [-0.25, -0.2) is 0 Å². The van der Waals surface area contributed by atoms with Crippen LogP contribution < -0.4 is 0 Å². The molecule has 0 heterocycles. The van der Waals surface area contributed by atoms with Crippen LogP contribution >= 0.6 is 0 Å². The summed E-state index contributed by atoms with van der Waals surface area (Å²) in [5.74, 6) is 0. The van der Waals surface area contributed by atoms with Crippen molar-refractivity contribution < 1.29 is 8.85 Å². The van der Waals surface area contributed by atoms with Crippen LogP contribution in [0.1, 0.15) is 65.2 Å². The lowest BCUT2D eigenvalue weighted by atomic mass is 10.1. The van der Waals surface area contributed by atoms with Gasteiger partial charge in [0.15, 0.2) is 0 Å². The summed E-state index contributed by atoms with van der Waals surface area (Å²) in [7, 11) is -1.32. The van der Waals surface area contributed by atoms with Crippen LogP contribution in [-0.4, -0.2) is 22.5 Å². The molecule has 0 radical (unpaired) electrons. The van der Waals surface area contributed by atoms with E-state index in [4.69, 9.17) is 8.85 Å². The van der Waals surface area contributed by atoms with Gasteiger partial charge in [0, 0.05) is 13.2 Å². The second-order valence-corrected chi connectivity index (χ2v) is 6.78. The highest BCUT2D eigenvalue weighted by Gasteiger charge is 2.10. The summed E-state index contributed by atoms with van der Waals surface area (Å²) in [6.45, 7) is 9.47. The molecular weight excluding hydrogens is 240 g/mol. The van der Waals surface area contributed by atoms with Gasteiger partial charge >= 0.3 is 9.28 Å². The molecule has 0 aromatic rings. The van der Waals surface area contributed by atoms with E-state index >= 15 is 0 Å². The van der Waals surface area contributed by atoms with Gasteiger partial charge in [-0.1, -0.05) is 44.6 Å². The summed E-state index contributed by atoms with van der Waals surface area (Å²) in [5, 5.41) is 0. The lowest BCUT2D eigenvalue weighted by molar-refractivity contribution is 0.212. The van der Waals surface area contributed by atoms with Crippen LogP contribution in [0.2, 0.25) is 6.04 Å². The van der Waals surface area contributed by atoms with E-state index in [1.807, 2.05) is 6.08 Å². The van der Waals surface area contributed by atoms with Gasteiger partial charge in [0.1, 0.15) is 0 Å². The van der Waals surface area contributed by atoms with E-state index in [9.17, 15) is 0 Å². The molecule has 2 nitrogen and oxygen atoms in total. The lowest BCUT2D eigenvalue weighted by Gasteiger charge is -2.14. The molecule has 0 unspecified atom stereocenters. The van der Waals surface area contributed by atoms with Crippen LogP contribution in [0.15, 0.2) is 12.7 Å². The first-order chi connectivity index (χ1) is 8.85. The third-order valence-corrected chi connectivity index (χ3v) is 5.34. The molecule has 0 aliphatic rings. The van der Waals surface area contributed by atoms with Crippen molar-refractivity contribution >= 4 is 9.28 Å². The standard InChI is InChI=1S/C15H32O2Si/c1-4-7-8-9-10-11-12-13-14-15-18(16-5-2)17-6-3/h4,18H,1,5-15H2,2-3H3. The zero-order valence-electron chi connectivity index (χ0n) is 12.5. The maximum atomic E-state index is 5.66. The van der Waals surface area contributed by atoms with Crippen LogP contribution in [0.5, 0.6) is 0 Å². The minimum atomic E-state index is -1.32. The van der Waals surface area contributed by atoms with Gasteiger partial charge in [0.2, 0.25) is 0 Å². The minimum absolute atomic E-state index is 0.806. The molecule has 0 N–H and O–H groups in total. The third kappa shape index (κ3) is 12.3. The van der Waals surface area contributed by atoms with Crippen LogP contribution in [-0.2, 0) is 8.85 Å². The normalized spacial score (nSPS) is 11.1. The highest BCUT2D eigenvalue weighted by Crippen LogP contribution is 2.11. The molecule has 0 bridgehead atoms. The SMILES string of the molecule is C=CCCCCCCCCC[SiH](OCC)OCC. The van der Waals surface area contributed by atoms with Crippen LogP contribution in [0.3, 0.4) is 0 Å². The molecule has 0 atom stereocenters. The predicted molar refractivity (Wildman–Crippen MR) is 82.3 cm³/mol. The molecular formula is C15H32O2Si. The summed E-state index contributed by atoms with van der Waals surface area (Å²) < 4.78 is 11.3. The quantitative estimate of drug-likeness (QED) is 0.262. The number of rotatable bonds is 14. The smallest absolute Gasteiger partial charge is 0.321 e. The Morgan fingerprint density at radius 2 is 1.33 bits per heavy atom. The Kier molecular flexibility index (Phi) is 14.8. The second-order valence-electron chi connectivity index (χ2n) is 4.68. The number of hydrogen-bond acceptors (Lipinski definition) is 2. The summed E-state index contributed by atoms with van der Waals surface area (Å²) in [5.41, 5.74) is 0. The van der Waals surface area contributed by atoms with Crippen molar-refractivity contribution in [3.63, 3.8) is 0 Å². The van der Waals surface area contributed by atoms with Crippen molar-refractivity contribution in [3.8, 4) is 0 Å². The molecule has 0 aromatic heterocycles. The minimum Gasteiger partial charge on any atom is -0.397 e. The van der Waals surface area contributed by atoms with Gasteiger partial charge < -0.3 is 8.85 Å². The van der Waals surface area contributed by atoms with Gasteiger partial charge in [-0.3, -0.25) is 0 Å². The Labute approximate surface area is 116 Å².